The van der Waals surface area contributed by atoms with Gasteiger partial charge in [-0.2, -0.15) is 0 Å². The molecule has 0 fully saturated rings. The Morgan fingerprint density at radius 3 is 2.56 bits per heavy atom. The zero-order valence-electron chi connectivity index (χ0n) is 18.8. The first kappa shape index (κ1) is 22.8. The number of pyridine rings is 1. The summed E-state index contributed by atoms with van der Waals surface area (Å²) in [7, 11) is 0. The second kappa shape index (κ2) is 11.0. The molecule has 5 nitrogen and oxygen atoms in total. The lowest BCUT2D eigenvalue weighted by Crippen LogP contribution is -2.15. The lowest BCUT2D eigenvalue weighted by Gasteiger charge is -2.15. The number of nitrogens with zero attached hydrogens (tertiary/aromatic N) is 1. The number of allylic oxidation sites excluding steroid dienone is 2. The van der Waals surface area contributed by atoms with Crippen LogP contribution < -0.4 is 16.4 Å². The molecule has 4 N–H and O–H groups in total. The van der Waals surface area contributed by atoms with E-state index < -0.39 is 0 Å². The first-order valence-corrected chi connectivity index (χ1v) is 10.7. The Labute approximate surface area is 190 Å². The average molecular weight is 427 g/mol. The molecule has 0 saturated carbocycles. The van der Waals surface area contributed by atoms with Crippen LogP contribution >= 0.6 is 0 Å². The Kier molecular flexibility index (Phi) is 7.81. The van der Waals surface area contributed by atoms with Crippen LogP contribution in [0.25, 0.3) is 11.3 Å². The molecule has 0 saturated heterocycles. The molecule has 1 unspecified atom stereocenters. The summed E-state index contributed by atoms with van der Waals surface area (Å²) < 4.78 is 0. The van der Waals surface area contributed by atoms with Crippen LogP contribution in [0.2, 0.25) is 0 Å². The van der Waals surface area contributed by atoms with E-state index in [2.05, 4.69) is 34.9 Å². The van der Waals surface area contributed by atoms with Crippen LogP contribution in [0.4, 0.5) is 11.5 Å². The Hall–Kier alpha value is -3.86. The molecule has 164 valence electrons. The van der Waals surface area contributed by atoms with E-state index in [0.29, 0.717) is 0 Å². The summed E-state index contributed by atoms with van der Waals surface area (Å²) in [5, 5.41) is 6.31. The fourth-order valence-electron chi connectivity index (χ4n) is 3.50. The van der Waals surface area contributed by atoms with Gasteiger partial charge >= 0.3 is 0 Å². The number of rotatable bonds is 8. The molecule has 0 spiro atoms. The number of benzene rings is 2. The van der Waals surface area contributed by atoms with Crippen molar-refractivity contribution in [2.75, 3.05) is 10.6 Å². The van der Waals surface area contributed by atoms with Gasteiger partial charge in [-0.25, -0.2) is 4.98 Å². The maximum atomic E-state index is 11.9. The second-order valence-corrected chi connectivity index (χ2v) is 7.82. The van der Waals surface area contributed by atoms with Crippen molar-refractivity contribution in [3.63, 3.8) is 0 Å². The summed E-state index contributed by atoms with van der Waals surface area (Å²) in [5.41, 5.74) is 11.5. The molecule has 2 aromatic carbocycles. The number of nitrogens with two attached hydrogens (primary N) is 1. The molecule has 32 heavy (non-hydrogen) atoms. The third kappa shape index (κ3) is 6.84. The molecule has 0 aliphatic heterocycles. The highest BCUT2D eigenvalue weighted by molar-refractivity contribution is 5.99. The number of anilines is 2. The molecule has 1 aromatic heterocycles. The van der Waals surface area contributed by atoms with Gasteiger partial charge in [-0.1, -0.05) is 48.5 Å². The van der Waals surface area contributed by atoms with Gasteiger partial charge in [-0.3, -0.25) is 4.79 Å². The Morgan fingerprint density at radius 1 is 1.06 bits per heavy atom. The van der Waals surface area contributed by atoms with Gasteiger partial charge in [0.1, 0.15) is 5.82 Å². The van der Waals surface area contributed by atoms with E-state index in [1.54, 1.807) is 6.08 Å². The van der Waals surface area contributed by atoms with E-state index in [4.69, 9.17) is 10.7 Å². The fourth-order valence-corrected chi connectivity index (χ4v) is 3.50. The normalized spacial score (nSPS) is 12.5. The molecule has 1 amide bonds. The SMILES string of the molecule is C/C=C/C(=O)Nc1cccc(-c2cc(Cc3ccccc3)cc(NC(C)/C=C(/C)N)n2)c1. The number of carbonyl (C=O) groups is 1. The van der Waals surface area contributed by atoms with Gasteiger partial charge in [0.05, 0.1) is 5.69 Å². The maximum Gasteiger partial charge on any atom is 0.248 e. The van der Waals surface area contributed by atoms with Crippen molar-refractivity contribution >= 4 is 17.4 Å². The van der Waals surface area contributed by atoms with E-state index >= 15 is 0 Å². The third-order valence-corrected chi connectivity index (χ3v) is 4.77. The highest BCUT2D eigenvalue weighted by Gasteiger charge is 2.09. The number of aromatic nitrogens is 1. The molecule has 1 heterocycles. The lowest BCUT2D eigenvalue weighted by atomic mass is 10.0. The summed E-state index contributed by atoms with van der Waals surface area (Å²) in [5.74, 6) is 0.623. The predicted octanol–water partition coefficient (Wildman–Crippen LogP) is 5.52. The van der Waals surface area contributed by atoms with Crippen LogP contribution in [-0.4, -0.2) is 16.9 Å². The standard InChI is InChI=1S/C27H30N4O/c1-4-9-27(32)30-24-13-8-12-23(18-24)25-16-22(15-21-10-6-5-7-11-21)17-26(31-25)29-20(3)14-19(2)28/h4-14,16-18,20H,15,28H2,1-3H3,(H,29,31)(H,30,32)/b9-4+,19-14-. The van der Waals surface area contributed by atoms with E-state index in [-0.39, 0.29) is 11.9 Å². The molecule has 3 aromatic rings. The number of nitrogens with one attached hydrogen (secondary N) is 2. The maximum absolute atomic E-state index is 11.9. The van der Waals surface area contributed by atoms with Crippen molar-refractivity contribution in [2.24, 2.45) is 5.73 Å². The van der Waals surface area contributed by atoms with E-state index in [9.17, 15) is 4.79 Å². The summed E-state index contributed by atoms with van der Waals surface area (Å²) >= 11 is 0. The van der Waals surface area contributed by atoms with Crippen LogP contribution in [0.1, 0.15) is 31.9 Å². The van der Waals surface area contributed by atoms with Crippen LogP contribution in [0.5, 0.6) is 0 Å². The van der Waals surface area contributed by atoms with Crippen molar-refractivity contribution in [3.05, 3.63) is 102 Å². The topological polar surface area (TPSA) is 80.0 Å². The fraction of sp³-hybridized carbons (Fsp3) is 0.185. The molecule has 0 aliphatic carbocycles. The monoisotopic (exact) mass is 426 g/mol. The lowest BCUT2D eigenvalue weighted by molar-refractivity contribution is -0.111. The van der Waals surface area contributed by atoms with E-state index in [1.165, 1.54) is 11.6 Å². The molecule has 0 bridgehead atoms. The molecule has 1 atom stereocenters. The van der Waals surface area contributed by atoms with Gasteiger partial charge in [-0.15, -0.1) is 0 Å². The van der Waals surface area contributed by atoms with Crippen molar-refractivity contribution < 1.29 is 4.79 Å². The number of hydrogen-bond acceptors (Lipinski definition) is 4. The van der Waals surface area contributed by atoms with Crippen LogP contribution in [0, 0.1) is 0 Å². The van der Waals surface area contributed by atoms with Crippen LogP contribution in [0.15, 0.2) is 90.7 Å². The Morgan fingerprint density at radius 2 is 1.84 bits per heavy atom. The second-order valence-electron chi connectivity index (χ2n) is 7.82. The Balaban J connectivity index is 1.96. The van der Waals surface area contributed by atoms with Crippen LogP contribution in [0.3, 0.4) is 0 Å². The smallest absolute Gasteiger partial charge is 0.248 e. The molecule has 0 aliphatic rings. The number of amides is 1. The Bertz CT molecular complexity index is 1120. The van der Waals surface area contributed by atoms with E-state index in [0.717, 1.165) is 40.4 Å². The number of carbonyl (C=O) groups excluding carboxylic acids is 1. The summed E-state index contributed by atoms with van der Waals surface area (Å²) in [6.07, 6.45) is 5.97. The molecular formula is C27H30N4O. The predicted molar refractivity (Wildman–Crippen MR) is 133 cm³/mol. The van der Waals surface area contributed by atoms with Gasteiger partial charge < -0.3 is 16.4 Å². The minimum Gasteiger partial charge on any atom is -0.402 e. The highest BCUT2D eigenvalue weighted by Crippen LogP contribution is 2.26. The zero-order valence-corrected chi connectivity index (χ0v) is 18.8. The van der Waals surface area contributed by atoms with Gasteiger partial charge in [0.15, 0.2) is 0 Å². The van der Waals surface area contributed by atoms with Crippen LogP contribution in [-0.2, 0) is 11.2 Å². The summed E-state index contributed by atoms with van der Waals surface area (Å²) in [4.78, 5) is 16.8. The third-order valence-electron chi connectivity index (χ3n) is 4.77. The summed E-state index contributed by atoms with van der Waals surface area (Å²) in [6, 6.07) is 22.3. The van der Waals surface area contributed by atoms with Crippen molar-refractivity contribution in [2.45, 2.75) is 33.2 Å². The van der Waals surface area contributed by atoms with Gasteiger partial charge in [0.2, 0.25) is 5.91 Å². The molecule has 3 rings (SSSR count). The summed E-state index contributed by atoms with van der Waals surface area (Å²) in [6.45, 7) is 5.73. The van der Waals surface area contributed by atoms with Gasteiger partial charge in [0, 0.05) is 23.0 Å². The quantitative estimate of drug-likeness (QED) is 0.415. The van der Waals surface area contributed by atoms with Crippen molar-refractivity contribution in [3.8, 4) is 11.3 Å². The van der Waals surface area contributed by atoms with Crippen molar-refractivity contribution in [1.82, 2.24) is 4.98 Å². The number of hydrogen-bond donors (Lipinski definition) is 3. The molecular weight excluding hydrogens is 396 g/mol. The first-order chi connectivity index (χ1) is 15.4. The van der Waals surface area contributed by atoms with E-state index in [1.807, 2.05) is 69.3 Å². The van der Waals surface area contributed by atoms with Gasteiger partial charge in [0.25, 0.3) is 0 Å². The minimum atomic E-state index is -0.157. The zero-order chi connectivity index (χ0) is 22.9. The minimum absolute atomic E-state index is 0.0405. The van der Waals surface area contributed by atoms with Crippen molar-refractivity contribution in [1.29, 1.82) is 0 Å². The van der Waals surface area contributed by atoms with Gasteiger partial charge in [-0.05, 0) is 74.7 Å². The average Bonchev–Trinajstić information content (AvgIpc) is 2.74. The largest absolute Gasteiger partial charge is 0.402 e. The first-order valence-electron chi connectivity index (χ1n) is 10.7. The molecule has 5 heteroatoms. The molecule has 0 radical (unpaired) electrons. The highest BCUT2D eigenvalue weighted by atomic mass is 16.1.